The zero-order valence-electron chi connectivity index (χ0n) is 20.3. The summed E-state index contributed by atoms with van der Waals surface area (Å²) in [5, 5.41) is 3.88. The van der Waals surface area contributed by atoms with E-state index >= 15 is 0 Å². The van der Waals surface area contributed by atoms with Crippen molar-refractivity contribution in [1.82, 2.24) is 4.90 Å². The number of carbonyl (C=O) groups is 2. The minimum absolute atomic E-state index is 0.295. The van der Waals surface area contributed by atoms with Crippen molar-refractivity contribution in [3.63, 3.8) is 0 Å². The van der Waals surface area contributed by atoms with Gasteiger partial charge in [0.05, 0.1) is 38.6 Å². The molecular weight excluding hydrogens is 466 g/mol. The molecule has 0 bridgehead atoms. The normalized spacial score (nSPS) is 17.3. The van der Waals surface area contributed by atoms with Gasteiger partial charge in [0.25, 0.3) is 5.91 Å². The fraction of sp³-hybridized carbons (Fsp3) is 0.346. The van der Waals surface area contributed by atoms with Crippen LogP contribution in [0, 0.1) is 0 Å². The van der Waals surface area contributed by atoms with Crippen molar-refractivity contribution in [2.75, 3.05) is 38.9 Å². The van der Waals surface area contributed by atoms with Crippen molar-refractivity contribution >= 4 is 34.5 Å². The van der Waals surface area contributed by atoms with E-state index in [2.05, 4.69) is 10.2 Å². The van der Waals surface area contributed by atoms with Gasteiger partial charge in [-0.1, -0.05) is 30.8 Å². The monoisotopic (exact) mass is 495 g/mol. The lowest BCUT2D eigenvalue weighted by Crippen LogP contribution is -2.42. The van der Waals surface area contributed by atoms with E-state index in [4.69, 9.17) is 19.2 Å². The number of methoxy groups -OCH3 is 3. The minimum Gasteiger partial charge on any atom is -0.497 e. The van der Waals surface area contributed by atoms with Crippen molar-refractivity contribution in [3.05, 3.63) is 64.9 Å². The summed E-state index contributed by atoms with van der Waals surface area (Å²) in [6, 6.07) is 12.2. The molecule has 2 aromatic rings. The molecule has 0 saturated carbocycles. The van der Waals surface area contributed by atoms with Crippen molar-refractivity contribution in [2.24, 2.45) is 4.99 Å². The summed E-state index contributed by atoms with van der Waals surface area (Å²) in [5.74, 6) is 1.37. The second-order valence-corrected chi connectivity index (χ2v) is 9.14. The highest BCUT2D eigenvalue weighted by Gasteiger charge is 2.38. The van der Waals surface area contributed by atoms with Crippen LogP contribution in [0.25, 0.3) is 0 Å². The van der Waals surface area contributed by atoms with Crippen molar-refractivity contribution < 1.29 is 23.8 Å². The molecule has 4 rings (SSSR count). The standard InChI is InChI=1S/C26H29N3O5S/c1-5-21-22(25(31)34-4)23(29-10-7-11-35-26(29)28-21)16-8-6-9-18(12-16)27-24(30)17-13-19(32-2)15-20(14-17)33-3/h6,8-9,12-15,23H,5,7,10-11H2,1-4H3,(H,27,30). The van der Waals surface area contributed by atoms with Crippen LogP contribution in [0.15, 0.2) is 58.7 Å². The molecule has 1 N–H and O–H groups in total. The van der Waals surface area contributed by atoms with Crippen LogP contribution in [0.3, 0.4) is 0 Å². The van der Waals surface area contributed by atoms with Crippen LogP contribution >= 0.6 is 11.8 Å². The first-order valence-corrected chi connectivity index (χ1v) is 12.4. The van der Waals surface area contributed by atoms with Gasteiger partial charge in [-0.15, -0.1) is 0 Å². The number of anilines is 1. The topological polar surface area (TPSA) is 89.5 Å². The van der Waals surface area contributed by atoms with Gasteiger partial charge in [0.2, 0.25) is 0 Å². The molecule has 1 atom stereocenters. The molecule has 2 aliphatic heterocycles. The second-order valence-electron chi connectivity index (χ2n) is 8.08. The predicted octanol–water partition coefficient (Wildman–Crippen LogP) is 4.64. The van der Waals surface area contributed by atoms with E-state index in [1.807, 2.05) is 31.2 Å². The Labute approximate surface area is 209 Å². The number of amidine groups is 1. The Kier molecular flexibility index (Phi) is 7.65. The van der Waals surface area contributed by atoms with Crippen molar-refractivity contribution in [3.8, 4) is 11.5 Å². The number of carbonyl (C=O) groups excluding carboxylic acids is 2. The lowest BCUT2D eigenvalue weighted by molar-refractivity contribution is -0.137. The Balaban J connectivity index is 1.69. The molecule has 2 aromatic carbocycles. The van der Waals surface area contributed by atoms with Gasteiger partial charge in [0.1, 0.15) is 11.5 Å². The number of amides is 1. The fourth-order valence-corrected chi connectivity index (χ4v) is 5.28. The number of aliphatic imine (C=N–C) groups is 1. The molecule has 1 unspecified atom stereocenters. The summed E-state index contributed by atoms with van der Waals surface area (Å²) in [6.45, 7) is 2.77. The summed E-state index contributed by atoms with van der Waals surface area (Å²) in [5.41, 5.74) is 3.19. The van der Waals surface area contributed by atoms with Gasteiger partial charge in [-0.25, -0.2) is 9.79 Å². The van der Waals surface area contributed by atoms with E-state index in [-0.39, 0.29) is 17.9 Å². The van der Waals surface area contributed by atoms with Gasteiger partial charge < -0.3 is 24.4 Å². The number of benzene rings is 2. The number of hydrogen-bond acceptors (Lipinski definition) is 8. The van der Waals surface area contributed by atoms with Crippen LogP contribution in [0.4, 0.5) is 5.69 Å². The Bertz CT molecular complexity index is 1170. The van der Waals surface area contributed by atoms with Gasteiger partial charge in [-0.2, -0.15) is 0 Å². The zero-order chi connectivity index (χ0) is 24.9. The highest BCUT2D eigenvalue weighted by molar-refractivity contribution is 8.13. The summed E-state index contributed by atoms with van der Waals surface area (Å²) < 4.78 is 15.7. The van der Waals surface area contributed by atoms with Gasteiger partial charge in [-0.3, -0.25) is 4.79 Å². The highest BCUT2D eigenvalue weighted by atomic mass is 32.2. The molecule has 8 nitrogen and oxygen atoms in total. The molecule has 2 heterocycles. The number of fused-ring (bicyclic) bond motifs is 1. The SMILES string of the molecule is CCC1=C(C(=O)OC)C(c2cccc(NC(=O)c3cc(OC)cc(OC)c3)c2)N2CCCSC2=N1. The second kappa shape index (κ2) is 10.9. The van der Waals surface area contributed by atoms with Crippen LogP contribution in [-0.2, 0) is 9.53 Å². The summed E-state index contributed by atoms with van der Waals surface area (Å²) in [7, 11) is 4.47. The van der Waals surface area contributed by atoms with Gasteiger partial charge in [0.15, 0.2) is 5.17 Å². The zero-order valence-corrected chi connectivity index (χ0v) is 21.1. The smallest absolute Gasteiger partial charge is 0.338 e. The first kappa shape index (κ1) is 24.7. The maximum Gasteiger partial charge on any atom is 0.338 e. The molecule has 35 heavy (non-hydrogen) atoms. The summed E-state index contributed by atoms with van der Waals surface area (Å²) in [4.78, 5) is 32.9. The Morgan fingerprint density at radius 3 is 2.51 bits per heavy atom. The Morgan fingerprint density at radius 2 is 1.86 bits per heavy atom. The molecule has 184 valence electrons. The van der Waals surface area contributed by atoms with E-state index < -0.39 is 0 Å². The number of ether oxygens (including phenoxy) is 3. The molecule has 9 heteroatoms. The Hall–Kier alpha value is -3.46. The molecule has 1 fully saturated rings. The third-order valence-electron chi connectivity index (χ3n) is 5.96. The maximum absolute atomic E-state index is 13.0. The number of nitrogens with zero attached hydrogens (tertiary/aromatic N) is 2. The molecular formula is C26H29N3O5S. The van der Waals surface area contributed by atoms with E-state index in [9.17, 15) is 9.59 Å². The summed E-state index contributed by atoms with van der Waals surface area (Å²) in [6.07, 6.45) is 1.61. The largest absolute Gasteiger partial charge is 0.497 e. The average Bonchev–Trinajstić information content (AvgIpc) is 2.91. The molecule has 1 amide bonds. The predicted molar refractivity (Wildman–Crippen MR) is 137 cm³/mol. The molecule has 2 aliphatic rings. The van der Waals surface area contributed by atoms with Crippen LogP contribution in [-0.4, -0.2) is 55.6 Å². The Morgan fingerprint density at radius 1 is 1.11 bits per heavy atom. The highest BCUT2D eigenvalue weighted by Crippen LogP contribution is 2.41. The number of rotatable bonds is 7. The van der Waals surface area contributed by atoms with Crippen LogP contribution in [0.2, 0.25) is 0 Å². The van der Waals surface area contributed by atoms with Gasteiger partial charge in [0, 0.05) is 29.6 Å². The molecule has 0 aromatic heterocycles. The first-order valence-electron chi connectivity index (χ1n) is 11.4. The third-order valence-corrected chi connectivity index (χ3v) is 7.04. The summed E-state index contributed by atoms with van der Waals surface area (Å²) >= 11 is 1.70. The fourth-order valence-electron chi connectivity index (χ4n) is 4.29. The van der Waals surface area contributed by atoms with Gasteiger partial charge >= 0.3 is 5.97 Å². The number of nitrogens with one attached hydrogen (secondary N) is 1. The quantitative estimate of drug-likeness (QED) is 0.560. The lowest BCUT2D eigenvalue weighted by atomic mass is 9.93. The van der Waals surface area contributed by atoms with E-state index in [1.54, 1.807) is 30.0 Å². The molecule has 0 aliphatic carbocycles. The molecule has 1 saturated heterocycles. The lowest BCUT2D eigenvalue weighted by Gasteiger charge is -2.40. The van der Waals surface area contributed by atoms with E-state index in [1.165, 1.54) is 21.3 Å². The number of hydrogen-bond donors (Lipinski definition) is 1. The molecule has 0 spiro atoms. The average molecular weight is 496 g/mol. The number of allylic oxidation sites excluding steroid dienone is 1. The van der Waals surface area contributed by atoms with E-state index in [0.717, 1.165) is 35.1 Å². The van der Waals surface area contributed by atoms with Crippen LogP contribution in [0.1, 0.15) is 41.7 Å². The van der Waals surface area contributed by atoms with Crippen LogP contribution < -0.4 is 14.8 Å². The number of esters is 1. The van der Waals surface area contributed by atoms with Crippen molar-refractivity contribution in [1.29, 1.82) is 0 Å². The number of thioether (sulfide) groups is 1. The third kappa shape index (κ3) is 5.14. The first-order chi connectivity index (χ1) is 17.0. The maximum atomic E-state index is 13.0. The van der Waals surface area contributed by atoms with Crippen molar-refractivity contribution in [2.45, 2.75) is 25.8 Å². The minimum atomic E-state index is -0.386. The molecule has 0 radical (unpaired) electrons. The van der Waals surface area contributed by atoms with Crippen LogP contribution in [0.5, 0.6) is 11.5 Å². The van der Waals surface area contributed by atoms with E-state index in [0.29, 0.717) is 34.7 Å². The van der Waals surface area contributed by atoms with Gasteiger partial charge in [-0.05, 0) is 42.7 Å².